The number of nitrogens with two attached hydrogens (primary N) is 2. The van der Waals surface area contributed by atoms with E-state index in [0.29, 0.717) is 19.3 Å². The number of ether oxygens (including phenoxy) is 2. The summed E-state index contributed by atoms with van der Waals surface area (Å²) >= 11 is 0. The van der Waals surface area contributed by atoms with Crippen LogP contribution in [0.4, 0.5) is 4.79 Å². The lowest BCUT2D eigenvalue weighted by molar-refractivity contribution is -0.161. The van der Waals surface area contributed by atoms with Crippen LogP contribution >= 0.6 is 0 Å². The Bertz CT molecular complexity index is 1100. The molecule has 15 heteroatoms. The highest BCUT2D eigenvalue weighted by molar-refractivity contribution is 6.06. The number of rotatable bonds is 13. The van der Waals surface area contributed by atoms with Crippen molar-refractivity contribution in [2.24, 2.45) is 22.4 Å². The van der Waals surface area contributed by atoms with Gasteiger partial charge in [0.05, 0.1) is 6.42 Å². The molecule has 2 rings (SSSR count). The number of carbonyl (C=O) groups is 6. The highest BCUT2D eigenvalue weighted by Crippen LogP contribution is 2.28. The van der Waals surface area contributed by atoms with Crippen LogP contribution < -0.4 is 27.4 Å². The molecule has 1 aliphatic heterocycles. The minimum Gasteiger partial charge on any atom is -0.460 e. The van der Waals surface area contributed by atoms with Crippen LogP contribution in [0.2, 0.25) is 0 Å². The Hall–Kier alpha value is -3.91. The highest BCUT2D eigenvalue weighted by atomic mass is 16.6. The zero-order chi connectivity index (χ0) is 33.2. The Balaban J connectivity index is 2.18. The minimum absolute atomic E-state index is 0.0915. The Morgan fingerprint density at radius 1 is 0.977 bits per heavy atom. The molecule has 0 spiro atoms. The van der Waals surface area contributed by atoms with E-state index in [1.807, 2.05) is 0 Å². The lowest BCUT2D eigenvalue weighted by Crippen LogP contribution is -2.56. The van der Waals surface area contributed by atoms with Gasteiger partial charge in [-0.15, -0.1) is 0 Å². The lowest BCUT2D eigenvalue weighted by atomic mass is 9.83. The summed E-state index contributed by atoms with van der Waals surface area (Å²) in [6.07, 6.45) is 4.30. The molecular weight excluding hydrogens is 574 g/mol. The summed E-state index contributed by atoms with van der Waals surface area (Å²) in [5.74, 6) is -3.91. The number of esters is 2. The van der Waals surface area contributed by atoms with Crippen molar-refractivity contribution in [3.63, 3.8) is 0 Å². The molecule has 1 saturated heterocycles. The minimum atomic E-state index is -1.46. The predicted molar refractivity (Wildman–Crippen MR) is 161 cm³/mol. The average molecular weight is 624 g/mol. The number of amides is 5. The fourth-order valence-corrected chi connectivity index (χ4v) is 5.02. The summed E-state index contributed by atoms with van der Waals surface area (Å²) in [5, 5.41) is 7.68. The summed E-state index contributed by atoms with van der Waals surface area (Å²) in [4.78, 5) is 82.4. The topological polar surface area (TPSA) is 225 Å². The standard InChI is InChI=1S/C29H49N7O8/c1-28(2,3)43-21(38)15-19(23(39)35-22(17-11-8-7-9-12-17)25(41)44-29(4,5)6)33-20(37)16-36-24(40)18(34-27(36)42)13-10-14-32-26(30)31/h17-19,22H,7-16H2,1-6H3,(H,33,37)(H,34,42)(H,35,39)(H4,30,31,32)/t18-,19-,22-/m0/s1. The summed E-state index contributed by atoms with van der Waals surface area (Å²) in [6, 6.07) is -4.09. The van der Waals surface area contributed by atoms with E-state index in [0.717, 1.165) is 24.2 Å². The first-order valence-corrected chi connectivity index (χ1v) is 15.1. The van der Waals surface area contributed by atoms with Crippen LogP contribution in [0.5, 0.6) is 0 Å². The maximum absolute atomic E-state index is 13.6. The molecule has 0 radical (unpaired) electrons. The van der Waals surface area contributed by atoms with Crippen LogP contribution in [0.15, 0.2) is 4.99 Å². The van der Waals surface area contributed by atoms with Gasteiger partial charge < -0.3 is 36.9 Å². The molecule has 0 bridgehead atoms. The van der Waals surface area contributed by atoms with E-state index in [2.05, 4.69) is 20.9 Å². The monoisotopic (exact) mass is 623 g/mol. The van der Waals surface area contributed by atoms with Crippen molar-refractivity contribution in [1.29, 1.82) is 0 Å². The van der Waals surface area contributed by atoms with E-state index in [1.165, 1.54) is 0 Å². The second-order valence-electron chi connectivity index (χ2n) is 13.2. The Morgan fingerprint density at radius 2 is 1.59 bits per heavy atom. The summed E-state index contributed by atoms with van der Waals surface area (Å²) in [6.45, 7) is 9.71. The van der Waals surface area contributed by atoms with Crippen molar-refractivity contribution in [2.45, 2.75) is 122 Å². The molecule has 44 heavy (non-hydrogen) atoms. The molecule has 2 aliphatic rings. The molecule has 0 aromatic heterocycles. The number of nitrogens with zero attached hydrogens (tertiary/aromatic N) is 2. The van der Waals surface area contributed by atoms with Gasteiger partial charge in [0, 0.05) is 6.54 Å². The normalized spacial score (nSPS) is 19.0. The molecule has 2 fully saturated rings. The van der Waals surface area contributed by atoms with Crippen molar-refractivity contribution in [2.75, 3.05) is 13.1 Å². The SMILES string of the molecule is CC(C)(C)OC(=O)C[C@H](NC(=O)CN1C(=O)N[C@@H](CCCN=C(N)N)C1=O)C(=O)N[C@H](C(=O)OC(C)(C)C)C1CCCCC1. The number of nitrogens with one attached hydrogen (secondary N) is 3. The molecule has 1 aliphatic carbocycles. The molecular formula is C29H49N7O8. The first-order chi connectivity index (χ1) is 20.4. The van der Waals surface area contributed by atoms with Gasteiger partial charge in [-0.2, -0.15) is 0 Å². The third-order valence-electron chi connectivity index (χ3n) is 6.88. The van der Waals surface area contributed by atoms with Crippen LogP contribution in [0.25, 0.3) is 0 Å². The van der Waals surface area contributed by atoms with Gasteiger partial charge in [0.25, 0.3) is 5.91 Å². The van der Waals surface area contributed by atoms with E-state index in [-0.39, 0.29) is 24.8 Å². The molecule has 3 atom stereocenters. The first-order valence-electron chi connectivity index (χ1n) is 15.1. The fraction of sp³-hybridized carbons (Fsp3) is 0.759. The molecule has 1 saturated carbocycles. The van der Waals surface area contributed by atoms with Crippen LogP contribution in [0.1, 0.15) is 92.9 Å². The van der Waals surface area contributed by atoms with Gasteiger partial charge in [0.2, 0.25) is 11.8 Å². The van der Waals surface area contributed by atoms with Gasteiger partial charge in [-0.3, -0.25) is 29.1 Å². The van der Waals surface area contributed by atoms with Crippen LogP contribution in [-0.2, 0) is 33.4 Å². The largest absolute Gasteiger partial charge is 0.460 e. The maximum Gasteiger partial charge on any atom is 0.329 e. The van der Waals surface area contributed by atoms with Gasteiger partial charge >= 0.3 is 18.0 Å². The van der Waals surface area contributed by atoms with E-state index in [9.17, 15) is 28.8 Å². The molecule has 7 N–H and O–H groups in total. The van der Waals surface area contributed by atoms with Crippen molar-refractivity contribution in [3.05, 3.63) is 0 Å². The molecule has 0 aromatic rings. The van der Waals surface area contributed by atoms with Crippen LogP contribution in [-0.4, -0.2) is 89.0 Å². The number of carbonyl (C=O) groups excluding carboxylic acids is 6. The van der Waals surface area contributed by atoms with E-state index in [4.69, 9.17) is 20.9 Å². The number of hydrogen-bond acceptors (Lipinski definition) is 9. The molecule has 248 valence electrons. The van der Waals surface area contributed by atoms with E-state index in [1.54, 1.807) is 41.5 Å². The lowest BCUT2D eigenvalue weighted by Gasteiger charge is -2.33. The predicted octanol–water partition coefficient (Wildman–Crippen LogP) is 0.584. The van der Waals surface area contributed by atoms with Crippen molar-refractivity contribution >= 4 is 41.7 Å². The number of urea groups is 1. The molecule has 15 nitrogen and oxygen atoms in total. The van der Waals surface area contributed by atoms with Gasteiger partial charge in [-0.25, -0.2) is 9.59 Å². The third-order valence-corrected chi connectivity index (χ3v) is 6.88. The first kappa shape index (κ1) is 36.3. The summed E-state index contributed by atoms with van der Waals surface area (Å²) in [7, 11) is 0. The van der Waals surface area contributed by atoms with Gasteiger partial charge in [-0.05, 0) is 73.1 Å². The fourth-order valence-electron chi connectivity index (χ4n) is 5.02. The van der Waals surface area contributed by atoms with Crippen LogP contribution in [0.3, 0.4) is 0 Å². The smallest absolute Gasteiger partial charge is 0.329 e. The van der Waals surface area contributed by atoms with Gasteiger partial charge in [0.15, 0.2) is 5.96 Å². The van der Waals surface area contributed by atoms with E-state index < -0.39 is 78.0 Å². The second-order valence-corrected chi connectivity index (χ2v) is 13.2. The number of hydrogen-bond donors (Lipinski definition) is 5. The van der Waals surface area contributed by atoms with Gasteiger partial charge in [0.1, 0.15) is 35.9 Å². The number of imide groups is 1. The number of guanidine groups is 1. The summed E-state index contributed by atoms with van der Waals surface area (Å²) in [5.41, 5.74) is 8.93. The number of aliphatic imine (C=N–C) groups is 1. The zero-order valence-electron chi connectivity index (χ0n) is 26.7. The maximum atomic E-state index is 13.6. The Kier molecular flexibility index (Phi) is 13.0. The van der Waals surface area contributed by atoms with E-state index >= 15 is 0 Å². The molecule has 0 aromatic carbocycles. The molecule has 1 heterocycles. The zero-order valence-corrected chi connectivity index (χ0v) is 26.7. The molecule has 0 unspecified atom stereocenters. The Labute approximate surface area is 258 Å². The molecule has 5 amide bonds. The van der Waals surface area contributed by atoms with Crippen molar-refractivity contribution < 1.29 is 38.2 Å². The second kappa shape index (κ2) is 15.7. The van der Waals surface area contributed by atoms with Crippen molar-refractivity contribution in [3.8, 4) is 0 Å². The quantitative estimate of drug-likeness (QED) is 0.0631. The van der Waals surface area contributed by atoms with Crippen molar-refractivity contribution in [1.82, 2.24) is 20.9 Å². The summed E-state index contributed by atoms with van der Waals surface area (Å²) < 4.78 is 11.0. The van der Waals surface area contributed by atoms with Crippen LogP contribution in [0, 0.1) is 5.92 Å². The third kappa shape index (κ3) is 12.4. The highest BCUT2D eigenvalue weighted by Gasteiger charge is 2.40. The van der Waals surface area contributed by atoms with Gasteiger partial charge in [-0.1, -0.05) is 19.3 Å². The average Bonchev–Trinajstić information content (AvgIpc) is 3.14. The Morgan fingerprint density at radius 3 is 2.16 bits per heavy atom.